The average molecular weight is 252 g/mol. The first kappa shape index (κ1) is 14.7. The highest BCUT2D eigenvalue weighted by Crippen LogP contribution is 2.12. The van der Waals surface area contributed by atoms with Crippen molar-refractivity contribution in [1.82, 2.24) is 9.97 Å². The lowest BCUT2D eigenvalue weighted by atomic mass is 10.1. The third-order valence-corrected chi connectivity index (χ3v) is 2.57. The molecule has 0 amide bonds. The maximum absolute atomic E-state index is 5.06. The second-order valence-electron chi connectivity index (χ2n) is 4.70. The van der Waals surface area contributed by atoms with Gasteiger partial charge in [-0.05, 0) is 18.8 Å². The molecule has 0 atom stereocenters. The molecule has 1 heterocycles. The van der Waals surface area contributed by atoms with E-state index in [0.717, 1.165) is 30.5 Å². The Hall–Kier alpha value is -1.36. The van der Waals surface area contributed by atoms with Gasteiger partial charge in [0.2, 0.25) is 0 Å². The number of hydrogen-bond acceptors (Lipinski definition) is 5. The summed E-state index contributed by atoms with van der Waals surface area (Å²) in [5.41, 5.74) is 0. The molecule has 0 radical (unpaired) electrons. The standard InChI is InChI=1S/C13H24N4O/c1-10(2)6-5-7-15-12-8-11(14-3)16-13(17-12)9-18-4/h8,10H,5-7,9H2,1-4H3,(H2,14,15,16,17). The minimum atomic E-state index is 0.427. The van der Waals surface area contributed by atoms with Crippen LogP contribution in [0.2, 0.25) is 0 Å². The SMILES string of the molecule is CNc1cc(NCCCC(C)C)nc(COC)n1. The minimum absolute atomic E-state index is 0.427. The van der Waals surface area contributed by atoms with Gasteiger partial charge in [0, 0.05) is 26.8 Å². The second kappa shape index (κ2) is 7.87. The Bertz CT molecular complexity index is 355. The van der Waals surface area contributed by atoms with Crippen molar-refractivity contribution in [3.63, 3.8) is 0 Å². The van der Waals surface area contributed by atoms with Crippen LogP contribution in [-0.4, -0.2) is 30.7 Å². The van der Waals surface area contributed by atoms with Gasteiger partial charge in [-0.1, -0.05) is 13.8 Å². The highest BCUT2D eigenvalue weighted by atomic mass is 16.5. The zero-order valence-corrected chi connectivity index (χ0v) is 11.8. The monoisotopic (exact) mass is 252 g/mol. The maximum atomic E-state index is 5.06. The highest BCUT2D eigenvalue weighted by Gasteiger charge is 2.03. The minimum Gasteiger partial charge on any atom is -0.377 e. The summed E-state index contributed by atoms with van der Waals surface area (Å²) in [5.74, 6) is 3.10. The van der Waals surface area contributed by atoms with Gasteiger partial charge in [-0.2, -0.15) is 0 Å². The summed E-state index contributed by atoms with van der Waals surface area (Å²) in [6.07, 6.45) is 2.37. The number of rotatable bonds is 8. The third-order valence-electron chi connectivity index (χ3n) is 2.57. The predicted octanol–water partition coefficient (Wildman–Crippen LogP) is 2.51. The zero-order chi connectivity index (χ0) is 13.4. The van der Waals surface area contributed by atoms with Crippen LogP contribution in [0.5, 0.6) is 0 Å². The van der Waals surface area contributed by atoms with Gasteiger partial charge in [0.25, 0.3) is 0 Å². The largest absolute Gasteiger partial charge is 0.377 e. The first-order valence-electron chi connectivity index (χ1n) is 6.44. The first-order valence-corrected chi connectivity index (χ1v) is 6.44. The van der Waals surface area contributed by atoms with Crippen LogP contribution < -0.4 is 10.6 Å². The van der Waals surface area contributed by atoms with E-state index in [0.29, 0.717) is 12.4 Å². The fraction of sp³-hybridized carbons (Fsp3) is 0.692. The van der Waals surface area contributed by atoms with Crippen molar-refractivity contribution < 1.29 is 4.74 Å². The Morgan fingerprint density at radius 1 is 1.28 bits per heavy atom. The van der Waals surface area contributed by atoms with Gasteiger partial charge >= 0.3 is 0 Å². The smallest absolute Gasteiger partial charge is 0.158 e. The van der Waals surface area contributed by atoms with Crippen LogP contribution in [0.1, 0.15) is 32.5 Å². The molecule has 0 aliphatic carbocycles. The van der Waals surface area contributed by atoms with Crippen LogP contribution in [0, 0.1) is 5.92 Å². The van der Waals surface area contributed by atoms with E-state index < -0.39 is 0 Å². The van der Waals surface area contributed by atoms with Gasteiger partial charge in [-0.25, -0.2) is 9.97 Å². The van der Waals surface area contributed by atoms with Crippen molar-refractivity contribution in [2.45, 2.75) is 33.3 Å². The van der Waals surface area contributed by atoms with E-state index in [1.54, 1.807) is 7.11 Å². The normalized spacial score (nSPS) is 10.7. The van der Waals surface area contributed by atoms with E-state index in [9.17, 15) is 0 Å². The van der Waals surface area contributed by atoms with Crippen LogP contribution in [0.4, 0.5) is 11.6 Å². The fourth-order valence-electron chi connectivity index (χ4n) is 1.64. The molecule has 5 heteroatoms. The number of nitrogens with one attached hydrogen (secondary N) is 2. The number of hydrogen-bond donors (Lipinski definition) is 2. The van der Waals surface area contributed by atoms with Crippen molar-refractivity contribution in [2.75, 3.05) is 31.3 Å². The third kappa shape index (κ3) is 5.31. The van der Waals surface area contributed by atoms with Crippen LogP contribution in [-0.2, 0) is 11.3 Å². The Kier molecular flexibility index (Phi) is 6.43. The first-order chi connectivity index (χ1) is 8.65. The molecule has 0 aliphatic rings. The van der Waals surface area contributed by atoms with Gasteiger partial charge < -0.3 is 15.4 Å². The summed E-state index contributed by atoms with van der Waals surface area (Å²) >= 11 is 0. The molecule has 0 aliphatic heterocycles. The Labute approximate surface area is 109 Å². The molecule has 18 heavy (non-hydrogen) atoms. The van der Waals surface area contributed by atoms with Gasteiger partial charge in [-0.3, -0.25) is 0 Å². The van der Waals surface area contributed by atoms with E-state index in [-0.39, 0.29) is 0 Å². The zero-order valence-electron chi connectivity index (χ0n) is 11.8. The predicted molar refractivity (Wildman–Crippen MR) is 74.9 cm³/mol. The summed E-state index contributed by atoms with van der Waals surface area (Å²) in [7, 11) is 3.49. The van der Waals surface area contributed by atoms with E-state index in [1.165, 1.54) is 6.42 Å². The summed E-state index contributed by atoms with van der Waals surface area (Å²) in [4.78, 5) is 8.71. The number of aromatic nitrogens is 2. The molecule has 5 nitrogen and oxygen atoms in total. The summed E-state index contributed by atoms with van der Waals surface area (Å²) in [6, 6.07) is 1.91. The van der Waals surface area contributed by atoms with Crippen LogP contribution >= 0.6 is 0 Å². The van der Waals surface area contributed by atoms with Crippen LogP contribution in [0.3, 0.4) is 0 Å². The molecule has 0 spiro atoms. The second-order valence-corrected chi connectivity index (χ2v) is 4.70. The van der Waals surface area contributed by atoms with E-state index in [1.807, 2.05) is 13.1 Å². The van der Waals surface area contributed by atoms with Crippen molar-refractivity contribution in [2.24, 2.45) is 5.92 Å². The molecule has 0 aromatic carbocycles. The molecule has 1 aromatic rings. The summed E-state index contributed by atoms with van der Waals surface area (Å²) in [5, 5.41) is 6.36. The molecule has 0 bridgehead atoms. The lowest BCUT2D eigenvalue weighted by Crippen LogP contribution is -2.09. The Morgan fingerprint density at radius 3 is 2.61 bits per heavy atom. The molecule has 0 fully saturated rings. The lowest BCUT2D eigenvalue weighted by molar-refractivity contribution is 0.178. The lowest BCUT2D eigenvalue weighted by Gasteiger charge is -2.10. The molecule has 1 rings (SSSR count). The fourth-order valence-corrected chi connectivity index (χ4v) is 1.64. The molecular weight excluding hydrogens is 228 g/mol. The Balaban J connectivity index is 2.55. The van der Waals surface area contributed by atoms with Gasteiger partial charge in [0.1, 0.15) is 18.2 Å². The number of methoxy groups -OCH3 is 1. The molecule has 0 unspecified atom stereocenters. The molecule has 1 aromatic heterocycles. The highest BCUT2D eigenvalue weighted by molar-refractivity contribution is 5.47. The van der Waals surface area contributed by atoms with Crippen molar-refractivity contribution in [1.29, 1.82) is 0 Å². The quantitative estimate of drug-likeness (QED) is 0.696. The van der Waals surface area contributed by atoms with Crippen LogP contribution in [0.25, 0.3) is 0 Å². The van der Waals surface area contributed by atoms with Crippen molar-refractivity contribution in [3.8, 4) is 0 Å². The number of anilines is 2. The topological polar surface area (TPSA) is 59.1 Å². The molecule has 102 valence electrons. The number of nitrogens with zero attached hydrogens (tertiary/aromatic N) is 2. The van der Waals surface area contributed by atoms with Crippen LogP contribution in [0.15, 0.2) is 6.07 Å². The van der Waals surface area contributed by atoms with Crippen molar-refractivity contribution in [3.05, 3.63) is 11.9 Å². The van der Waals surface area contributed by atoms with Gasteiger partial charge in [-0.15, -0.1) is 0 Å². The molecular formula is C13H24N4O. The Morgan fingerprint density at radius 2 is 2.00 bits per heavy atom. The summed E-state index contributed by atoms with van der Waals surface area (Å²) in [6.45, 7) is 5.84. The van der Waals surface area contributed by atoms with E-state index >= 15 is 0 Å². The maximum Gasteiger partial charge on any atom is 0.158 e. The van der Waals surface area contributed by atoms with E-state index in [2.05, 4.69) is 34.4 Å². The summed E-state index contributed by atoms with van der Waals surface area (Å²) < 4.78 is 5.06. The number of ether oxygens (including phenoxy) is 1. The molecule has 2 N–H and O–H groups in total. The molecule has 0 saturated carbocycles. The van der Waals surface area contributed by atoms with Crippen molar-refractivity contribution >= 4 is 11.6 Å². The van der Waals surface area contributed by atoms with E-state index in [4.69, 9.17) is 4.74 Å². The molecule has 0 saturated heterocycles. The van der Waals surface area contributed by atoms with Gasteiger partial charge in [0.05, 0.1) is 0 Å². The average Bonchev–Trinajstić information content (AvgIpc) is 2.34. The van der Waals surface area contributed by atoms with Gasteiger partial charge in [0.15, 0.2) is 5.82 Å².